The molecule has 0 aromatic heterocycles. The van der Waals surface area contributed by atoms with E-state index in [1.165, 1.54) is 0 Å². The molecule has 0 unspecified atom stereocenters. The van der Waals surface area contributed by atoms with Gasteiger partial charge in [-0.2, -0.15) is 0 Å². The van der Waals surface area contributed by atoms with Crippen molar-refractivity contribution in [3.63, 3.8) is 0 Å². The lowest BCUT2D eigenvalue weighted by molar-refractivity contribution is 0.111. The second-order valence-corrected chi connectivity index (χ2v) is 3.15. The number of hydrogen-bond donors (Lipinski definition) is 1. The molecule has 0 heterocycles. The van der Waals surface area contributed by atoms with Crippen LogP contribution in [0, 0.1) is 0 Å². The number of aldehydes is 1. The molecule has 0 saturated heterocycles. The van der Waals surface area contributed by atoms with Gasteiger partial charge >= 0.3 is 0 Å². The van der Waals surface area contributed by atoms with Crippen LogP contribution < -0.4 is 9.47 Å². The number of rotatable bonds is 6. The van der Waals surface area contributed by atoms with Crippen LogP contribution in [0.1, 0.15) is 29.8 Å². The second kappa shape index (κ2) is 6.12. The number of carbonyl (C=O) groups is 1. The van der Waals surface area contributed by atoms with Gasteiger partial charge in [0.25, 0.3) is 0 Å². The van der Waals surface area contributed by atoms with Crippen LogP contribution in [0.15, 0.2) is 12.1 Å². The second-order valence-electron chi connectivity index (χ2n) is 3.15. The molecule has 0 radical (unpaired) electrons. The van der Waals surface area contributed by atoms with Crippen molar-refractivity contribution in [3.05, 3.63) is 23.3 Å². The van der Waals surface area contributed by atoms with E-state index in [2.05, 4.69) is 0 Å². The molecular formula is C12H16O4. The molecule has 0 saturated carbocycles. The zero-order valence-corrected chi connectivity index (χ0v) is 9.53. The topological polar surface area (TPSA) is 55.8 Å². The van der Waals surface area contributed by atoms with Crippen LogP contribution in [0.4, 0.5) is 0 Å². The maximum Gasteiger partial charge on any atom is 0.157 e. The van der Waals surface area contributed by atoms with Crippen LogP contribution in [0.5, 0.6) is 11.5 Å². The monoisotopic (exact) mass is 224 g/mol. The molecule has 16 heavy (non-hydrogen) atoms. The summed E-state index contributed by atoms with van der Waals surface area (Å²) in [5.74, 6) is 0.903. The Morgan fingerprint density at radius 2 is 1.69 bits per heavy atom. The first-order valence-electron chi connectivity index (χ1n) is 5.25. The lowest BCUT2D eigenvalue weighted by Crippen LogP contribution is -2.02. The molecule has 4 nitrogen and oxygen atoms in total. The highest BCUT2D eigenvalue weighted by atomic mass is 16.5. The van der Waals surface area contributed by atoms with E-state index in [4.69, 9.17) is 14.6 Å². The highest BCUT2D eigenvalue weighted by Crippen LogP contribution is 2.29. The van der Waals surface area contributed by atoms with Crippen molar-refractivity contribution in [2.24, 2.45) is 0 Å². The summed E-state index contributed by atoms with van der Waals surface area (Å²) < 4.78 is 10.7. The van der Waals surface area contributed by atoms with Crippen molar-refractivity contribution in [2.75, 3.05) is 13.2 Å². The third-order valence-electron chi connectivity index (χ3n) is 2.06. The summed E-state index contributed by atoms with van der Waals surface area (Å²) in [6.45, 7) is 4.48. The van der Waals surface area contributed by atoms with Crippen LogP contribution >= 0.6 is 0 Å². The minimum atomic E-state index is -0.112. The van der Waals surface area contributed by atoms with E-state index in [9.17, 15) is 4.79 Å². The van der Waals surface area contributed by atoms with Crippen molar-refractivity contribution >= 4 is 6.29 Å². The third kappa shape index (κ3) is 2.73. The van der Waals surface area contributed by atoms with Gasteiger partial charge in [0, 0.05) is 0 Å². The predicted octanol–water partition coefficient (Wildman–Crippen LogP) is 1.79. The van der Waals surface area contributed by atoms with Gasteiger partial charge in [-0.05, 0) is 31.5 Å². The zero-order chi connectivity index (χ0) is 12.0. The molecule has 1 rings (SSSR count). The molecule has 0 amide bonds. The lowest BCUT2D eigenvalue weighted by atomic mass is 10.1. The Hall–Kier alpha value is -1.55. The largest absolute Gasteiger partial charge is 0.493 e. The van der Waals surface area contributed by atoms with Crippen molar-refractivity contribution < 1.29 is 19.4 Å². The Morgan fingerprint density at radius 1 is 1.19 bits per heavy atom. The van der Waals surface area contributed by atoms with Crippen LogP contribution in [-0.2, 0) is 6.61 Å². The number of hydrogen-bond acceptors (Lipinski definition) is 4. The van der Waals surface area contributed by atoms with Crippen molar-refractivity contribution in [1.82, 2.24) is 0 Å². The minimum Gasteiger partial charge on any atom is -0.493 e. The number of aliphatic hydroxyl groups is 1. The normalized spacial score (nSPS) is 9.94. The van der Waals surface area contributed by atoms with Gasteiger partial charge in [-0.1, -0.05) is 0 Å². The molecule has 0 atom stereocenters. The lowest BCUT2D eigenvalue weighted by Gasteiger charge is -2.13. The fraction of sp³-hybridized carbons (Fsp3) is 0.417. The molecule has 4 heteroatoms. The van der Waals surface area contributed by atoms with Crippen LogP contribution in [0.25, 0.3) is 0 Å². The predicted molar refractivity (Wildman–Crippen MR) is 60.1 cm³/mol. The number of ether oxygens (including phenoxy) is 2. The van der Waals surface area contributed by atoms with Crippen molar-refractivity contribution in [2.45, 2.75) is 20.5 Å². The van der Waals surface area contributed by atoms with Gasteiger partial charge in [0.1, 0.15) is 11.5 Å². The first-order chi connectivity index (χ1) is 7.76. The molecule has 0 spiro atoms. The number of benzene rings is 1. The summed E-state index contributed by atoms with van der Waals surface area (Å²) in [7, 11) is 0. The molecule has 1 aromatic rings. The molecule has 0 bridgehead atoms. The molecule has 0 aliphatic carbocycles. The summed E-state index contributed by atoms with van der Waals surface area (Å²) in [5, 5.41) is 9.09. The summed E-state index contributed by atoms with van der Waals surface area (Å²) in [5.41, 5.74) is 1.05. The highest BCUT2D eigenvalue weighted by molar-refractivity contribution is 5.84. The van der Waals surface area contributed by atoms with Gasteiger partial charge in [0.15, 0.2) is 6.29 Å². The Bertz CT molecular complexity index is 333. The smallest absolute Gasteiger partial charge is 0.157 e. The quantitative estimate of drug-likeness (QED) is 0.748. The zero-order valence-electron chi connectivity index (χ0n) is 9.53. The summed E-state index contributed by atoms with van der Waals surface area (Å²) >= 11 is 0. The van der Waals surface area contributed by atoms with Gasteiger partial charge < -0.3 is 14.6 Å². The Kier molecular flexibility index (Phi) is 4.79. The summed E-state index contributed by atoms with van der Waals surface area (Å²) in [4.78, 5) is 11.0. The maximum atomic E-state index is 11.0. The molecule has 0 aliphatic rings. The number of carbonyl (C=O) groups excluding carboxylic acids is 1. The Balaban J connectivity index is 3.22. The minimum absolute atomic E-state index is 0.112. The molecular weight excluding hydrogens is 208 g/mol. The SMILES string of the molecule is CCOc1cc(CO)cc(OCC)c1C=O. The first-order valence-corrected chi connectivity index (χ1v) is 5.25. The molecule has 0 fully saturated rings. The van der Waals surface area contributed by atoms with Gasteiger partial charge in [-0.15, -0.1) is 0 Å². The van der Waals surface area contributed by atoms with E-state index in [1.807, 2.05) is 13.8 Å². The highest BCUT2D eigenvalue weighted by Gasteiger charge is 2.12. The van der Waals surface area contributed by atoms with Gasteiger partial charge in [-0.25, -0.2) is 0 Å². The fourth-order valence-corrected chi connectivity index (χ4v) is 1.41. The van der Waals surface area contributed by atoms with Gasteiger partial charge in [0.2, 0.25) is 0 Å². The van der Waals surface area contributed by atoms with Gasteiger partial charge in [0.05, 0.1) is 25.4 Å². The fourth-order valence-electron chi connectivity index (χ4n) is 1.41. The first kappa shape index (κ1) is 12.5. The van der Waals surface area contributed by atoms with Crippen molar-refractivity contribution in [1.29, 1.82) is 0 Å². The van der Waals surface area contributed by atoms with Crippen LogP contribution in [-0.4, -0.2) is 24.6 Å². The average Bonchev–Trinajstić information content (AvgIpc) is 2.29. The molecule has 1 aromatic carbocycles. The molecule has 88 valence electrons. The Morgan fingerprint density at radius 3 is 2.00 bits per heavy atom. The maximum absolute atomic E-state index is 11.0. The van der Waals surface area contributed by atoms with E-state index in [0.29, 0.717) is 42.1 Å². The van der Waals surface area contributed by atoms with E-state index in [0.717, 1.165) is 0 Å². The number of aliphatic hydroxyl groups excluding tert-OH is 1. The molecule has 1 N–H and O–H groups in total. The van der Waals surface area contributed by atoms with E-state index in [-0.39, 0.29) is 6.61 Å². The molecule has 0 aliphatic heterocycles. The van der Waals surface area contributed by atoms with E-state index in [1.54, 1.807) is 12.1 Å². The van der Waals surface area contributed by atoms with Crippen LogP contribution in [0.3, 0.4) is 0 Å². The van der Waals surface area contributed by atoms with E-state index >= 15 is 0 Å². The third-order valence-corrected chi connectivity index (χ3v) is 2.06. The standard InChI is InChI=1S/C12H16O4/c1-3-15-11-5-9(7-13)6-12(16-4-2)10(11)8-14/h5-6,8,13H,3-4,7H2,1-2H3. The van der Waals surface area contributed by atoms with Gasteiger partial charge in [-0.3, -0.25) is 4.79 Å². The van der Waals surface area contributed by atoms with Crippen molar-refractivity contribution in [3.8, 4) is 11.5 Å². The Labute approximate surface area is 94.8 Å². The average molecular weight is 224 g/mol. The van der Waals surface area contributed by atoms with E-state index < -0.39 is 0 Å². The van der Waals surface area contributed by atoms with Crippen LogP contribution in [0.2, 0.25) is 0 Å². The summed E-state index contributed by atoms with van der Waals surface area (Å²) in [6, 6.07) is 3.30. The summed E-state index contributed by atoms with van der Waals surface area (Å²) in [6.07, 6.45) is 0.705.